The van der Waals surface area contributed by atoms with Crippen molar-refractivity contribution in [2.24, 2.45) is 0 Å². The van der Waals surface area contributed by atoms with Gasteiger partial charge in [0.1, 0.15) is 11.3 Å². The van der Waals surface area contributed by atoms with Gasteiger partial charge in [-0.3, -0.25) is 4.79 Å². The zero-order chi connectivity index (χ0) is 23.7. The number of rotatable bonds is 5. The number of aryl methyl sites for hydroxylation is 4. The number of hydrogen-bond acceptors (Lipinski definition) is 3. The van der Waals surface area contributed by atoms with Crippen LogP contribution in [0.4, 0.5) is 5.69 Å². The average Bonchev–Trinajstić information content (AvgIpc) is 3.18. The van der Waals surface area contributed by atoms with Gasteiger partial charge in [0, 0.05) is 34.3 Å². The predicted octanol–water partition coefficient (Wildman–Crippen LogP) is 7.38. The second kappa shape index (κ2) is 8.99. The van der Waals surface area contributed by atoms with Crippen molar-refractivity contribution < 1.29 is 13.9 Å². The van der Waals surface area contributed by atoms with Gasteiger partial charge in [0.2, 0.25) is 5.91 Å². The van der Waals surface area contributed by atoms with E-state index in [1.54, 1.807) is 19.4 Å². The number of benzene rings is 3. The van der Waals surface area contributed by atoms with Crippen LogP contribution in [0.1, 0.15) is 34.7 Å². The number of carbonyl (C=O) groups is 1. The first-order valence-electron chi connectivity index (χ1n) is 11.0. The number of methoxy groups -OCH3 is 1. The summed E-state index contributed by atoms with van der Waals surface area (Å²) in [6.45, 7) is 10.1. The molecule has 4 heteroatoms. The van der Waals surface area contributed by atoms with E-state index in [2.05, 4.69) is 37.4 Å². The molecule has 0 bridgehead atoms. The van der Waals surface area contributed by atoms with Crippen LogP contribution in [0, 0.1) is 27.7 Å². The molecule has 33 heavy (non-hydrogen) atoms. The third-order valence-electron chi connectivity index (χ3n) is 5.99. The van der Waals surface area contributed by atoms with Crippen LogP contribution in [0.5, 0.6) is 5.75 Å². The lowest BCUT2D eigenvalue weighted by Crippen LogP contribution is -2.10. The van der Waals surface area contributed by atoms with E-state index in [1.165, 1.54) is 11.1 Å². The summed E-state index contributed by atoms with van der Waals surface area (Å²) in [5.74, 6) is 0.488. The molecule has 0 unspecified atom stereocenters. The van der Waals surface area contributed by atoms with Crippen LogP contribution in [-0.4, -0.2) is 13.0 Å². The Bertz CT molecular complexity index is 1390. The van der Waals surface area contributed by atoms with Crippen LogP contribution in [-0.2, 0) is 4.79 Å². The summed E-state index contributed by atoms with van der Waals surface area (Å²) in [4.78, 5) is 12.8. The first-order chi connectivity index (χ1) is 15.8. The number of nitrogens with one attached hydrogen (secondary N) is 1. The van der Waals surface area contributed by atoms with Crippen molar-refractivity contribution in [3.63, 3.8) is 0 Å². The van der Waals surface area contributed by atoms with Gasteiger partial charge in [-0.25, -0.2) is 0 Å². The highest BCUT2D eigenvalue weighted by molar-refractivity contribution is 6.05. The van der Waals surface area contributed by atoms with E-state index >= 15 is 0 Å². The Morgan fingerprint density at radius 2 is 1.64 bits per heavy atom. The first-order valence-corrected chi connectivity index (χ1v) is 11.0. The summed E-state index contributed by atoms with van der Waals surface area (Å²) in [6, 6.07) is 16.3. The molecule has 4 aromatic rings. The molecule has 0 saturated carbocycles. The van der Waals surface area contributed by atoms with E-state index in [0.29, 0.717) is 5.75 Å². The topological polar surface area (TPSA) is 51.5 Å². The molecule has 0 aliphatic carbocycles. The van der Waals surface area contributed by atoms with Crippen LogP contribution in [0.2, 0.25) is 0 Å². The Balaban J connectivity index is 1.74. The van der Waals surface area contributed by atoms with Crippen LogP contribution in [0.15, 0.2) is 65.3 Å². The number of allylic oxidation sites excluding steroid dienone is 1. The molecule has 1 heterocycles. The number of anilines is 1. The normalized spacial score (nSPS) is 11.6. The summed E-state index contributed by atoms with van der Waals surface area (Å²) in [7, 11) is 1.63. The Labute approximate surface area is 194 Å². The second-order valence-corrected chi connectivity index (χ2v) is 8.65. The molecule has 0 atom stereocenters. The zero-order valence-electron chi connectivity index (χ0n) is 20.0. The van der Waals surface area contributed by atoms with Gasteiger partial charge in [-0.05, 0) is 74.6 Å². The molecule has 0 aliphatic rings. The highest BCUT2D eigenvalue weighted by atomic mass is 16.5. The summed E-state index contributed by atoms with van der Waals surface area (Å²) in [5, 5.41) is 3.98. The lowest BCUT2D eigenvalue weighted by Gasteiger charge is -2.11. The molecule has 3 aromatic carbocycles. The summed E-state index contributed by atoms with van der Waals surface area (Å²) >= 11 is 0. The minimum Gasteiger partial charge on any atom is -0.496 e. The van der Waals surface area contributed by atoms with Crippen LogP contribution >= 0.6 is 0 Å². The molecular weight excluding hydrogens is 410 g/mol. The number of ether oxygens (including phenoxy) is 1. The Morgan fingerprint density at radius 1 is 0.909 bits per heavy atom. The molecule has 4 nitrogen and oxygen atoms in total. The van der Waals surface area contributed by atoms with Gasteiger partial charge in [-0.1, -0.05) is 35.9 Å². The molecular formula is C29H29NO3. The number of fused-ring (bicyclic) bond motifs is 1. The summed E-state index contributed by atoms with van der Waals surface area (Å²) in [5.41, 5.74) is 9.92. The Kier molecular flexibility index (Phi) is 6.10. The summed E-state index contributed by atoms with van der Waals surface area (Å²) < 4.78 is 11.5. The first kappa shape index (κ1) is 22.4. The summed E-state index contributed by atoms with van der Waals surface area (Å²) in [6.07, 6.45) is 3.40. The largest absolute Gasteiger partial charge is 0.496 e. The molecule has 168 valence electrons. The van der Waals surface area contributed by atoms with Gasteiger partial charge in [-0.2, -0.15) is 0 Å². The molecule has 4 rings (SSSR count). The van der Waals surface area contributed by atoms with Crippen LogP contribution in [0.25, 0.3) is 27.7 Å². The van der Waals surface area contributed by atoms with E-state index < -0.39 is 0 Å². The highest BCUT2D eigenvalue weighted by Crippen LogP contribution is 2.38. The maximum absolute atomic E-state index is 12.8. The third-order valence-corrected chi connectivity index (χ3v) is 5.99. The van der Waals surface area contributed by atoms with Gasteiger partial charge in [0.05, 0.1) is 13.4 Å². The van der Waals surface area contributed by atoms with Gasteiger partial charge in [-0.15, -0.1) is 0 Å². The van der Waals surface area contributed by atoms with E-state index in [1.807, 2.05) is 51.1 Å². The van der Waals surface area contributed by atoms with Crippen molar-refractivity contribution in [3.05, 3.63) is 88.7 Å². The molecule has 0 radical (unpaired) electrons. The van der Waals surface area contributed by atoms with Crippen molar-refractivity contribution in [1.29, 1.82) is 0 Å². The minimum atomic E-state index is -0.176. The predicted molar refractivity (Wildman–Crippen MR) is 136 cm³/mol. The van der Waals surface area contributed by atoms with Gasteiger partial charge in [0.25, 0.3) is 0 Å². The van der Waals surface area contributed by atoms with Crippen LogP contribution in [0.3, 0.4) is 0 Å². The zero-order valence-corrected chi connectivity index (χ0v) is 20.0. The molecule has 1 N–H and O–H groups in total. The molecule has 0 aliphatic heterocycles. The minimum absolute atomic E-state index is 0.176. The highest BCUT2D eigenvalue weighted by Gasteiger charge is 2.16. The third kappa shape index (κ3) is 4.56. The van der Waals surface area contributed by atoms with Crippen molar-refractivity contribution in [1.82, 2.24) is 0 Å². The van der Waals surface area contributed by atoms with E-state index in [-0.39, 0.29) is 5.91 Å². The monoisotopic (exact) mass is 439 g/mol. The molecule has 0 fully saturated rings. The maximum Gasteiger partial charge on any atom is 0.248 e. The maximum atomic E-state index is 12.8. The fourth-order valence-electron chi connectivity index (χ4n) is 4.17. The number of furan rings is 1. The van der Waals surface area contributed by atoms with E-state index in [0.717, 1.165) is 50.0 Å². The van der Waals surface area contributed by atoms with E-state index in [9.17, 15) is 4.79 Å². The number of amides is 1. The molecule has 1 amide bonds. The molecule has 0 spiro atoms. The van der Waals surface area contributed by atoms with Gasteiger partial charge >= 0.3 is 0 Å². The SMILES string of the molecule is COc1cc2occ(-c3ccc(C)cc3C)c2cc1/C(C)=C/C(=O)Nc1cc(C)ccc1C. The van der Waals surface area contributed by atoms with Gasteiger partial charge < -0.3 is 14.5 Å². The second-order valence-electron chi connectivity index (χ2n) is 8.65. The van der Waals surface area contributed by atoms with Crippen molar-refractivity contribution in [2.45, 2.75) is 34.6 Å². The fourth-order valence-corrected chi connectivity index (χ4v) is 4.17. The Hall–Kier alpha value is -3.79. The lowest BCUT2D eigenvalue weighted by molar-refractivity contribution is -0.111. The fraction of sp³-hybridized carbons (Fsp3) is 0.207. The van der Waals surface area contributed by atoms with Crippen molar-refractivity contribution >= 4 is 28.1 Å². The Morgan fingerprint density at radius 3 is 2.36 bits per heavy atom. The lowest BCUT2D eigenvalue weighted by atomic mass is 9.96. The molecule has 1 aromatic heterocycles. The quantitative estimate of drug-likeness (QED) is 0.330. The van der Waals surface area contributed by atoms with E-state index in [4.69, 9.17) is 9.15 Å². The average molecular weight is 440 g/mol. The van der Waals surface area contributed by atoms with Gasteiger partial charge in [0.15, 0.2) is 0 Å². The smallest absolute Gasteiger partial charge is 0.248 e. The molecule has 0 saturated heterocycles. The number of hydrogen-bond donors (Lipinski definition) is 1. The van der Waals surface area contributed by atoms with Crippen LogP contribution < -0.4 is 10.1 Å². The number of carbonyl (C=O) groups excluding carboxylic acids is 1. The van der Waals surface area contributed by atoms with Crippen molar-refractivity contribution in [2.75, 3.05) is 12.4 Å². The standard InChI is InChI=1S/C29H29NO3/c1-17-8-10-22(20(4)11-17)25-16-33-28-15-27(32-6)23(14-24(25)28)21(5)13-29(31)30-26-12-18(2)7-9-19(26)3/h7-16H,1-6H3,(H,30,31)/b21-13+. The van der Waals surface area contributed by atoms with Crippen molar-refractivity contribution in [3.8, 4) is 16.9 Å².